The van der Waals surface area contributed by atoms with Crippen molar-refractivity contribution in [2.24, 2.45) is 0 Å². The number of hydrogen-bond donors (Lipinski definition) is 1. The lowest BCUT2D eigenvalue weighted by molar-refractivity contribution is 0.0929. The van der Waals surface area contributed by atoms with Crippen molar-refractivity contribution in [1.82, 2.24) is 15.1 Å². The van der Waals surface area contributed by atoms with Crippen LogP contribution < -0.4 is 20.3 Å². The van der Waals surface area contributed by atoms with Gasteiger partial charge in [-0.1, -0.05) is 6.92 Å². The fraction of sp³-hybridized carbons (Fsp3) is 0.261. The molecule has 3 aromatic rings. The fourth-order valence-electron chi connectivity index (χ4n) is 3.33. The van der Waals surface area contributed by atoms with Crippen LogP contribution in [0.1, 0.15) is 23.7 Å². The molecule has 1 aliphatic rings. The lowest BCUT2D eigenvalue weighted by Gasteiger charge is -2.20. The molecule has 0 bridgehead atoms. The van der Waals surface area contributed by atoms with E-state index in [1.54, 1.807) is 18.2 Å². The molecular weight excluding hydrogens is 420 g/mol. The molecule has 0 fully saturated rings. The molecule has 0 unspecified atom stereocenters. The predicted molar refractivity (Wildman–Crippen MR) is 113 cm³/mol. The Morgan fingerprint density at radius 2 is 1.84 bits per heavy atom. The van der Waals surface area contributed by atoms with E-state index in [1.807, 2.05) is 6.92 Å². The van der Waals surface area contributed by atoms with Gasteiger partial charge in [0.1, 0.15) is 13.2 Å². The largest absolute Gasteiger partial charge is 0.486 e. The van der Waals surface area contributed by atoms with Crippen LogP contribution in [0, 0.1) is 11.6 Å². The summed E-state index contributed by atoms with van der Waals surface area (Å²) in [5.74, 6) is -1.19. The molecule has 1 atom stereocenters. The van der Waals surface area contributed by atoms with Crippen molar-refractivity contribution < 1.29 is 23.0 Å². The number of hydrogen-bond acceptors (Lipinski definition) is 5. The maximum atomic E-state index is 13.6. The summed E-state index contributed by atoms with van der Waals surface area (Å²) in [5, 5.41) is 7.16. The van der Waals surface area contributed by atoms with E-state index in [4.69, 9.17) is 9.47 Å². The molecule has 2 aromatic carbocycles. The van der Waals surface area contributed by atoms with Crippen molar-refractivity contribution in [1.29, 1.82) is 0 Å². The number of amides is 1. The number of nitrogens with one attached hydrogen (secondary N) is 1. The van der Waals surface area contributed by atoms with Crippen molar-refractivity contribution in [2.45, 2.75) is 25.9 Å². The molecule has 0 radical (unpaired) electrons. The molecule has 0 saturated heterocycles. The van der Waals surface area contributed by atoms with Gasteiger partial charge in [0.05, 0.1) is 12.2 Å². The normalized spacial score (nSPS) is 13.5. The molecule has 32 heavy (non-hydrogen) atoms. The van der Waals surface area contributed by atoms with Crippen molar-refractivity contribution >= 4 is 5.91 Å². The molecule has 1 aliphatic heterocycles. The van der Waals surface area contributed by atoms with Gasteiger partial charge in [-0.2, -0.15) is 5.10 Å². The standard InChI is InChI=1S/C23H21F2N3O4/c1-2-16(26-23(30)15-4-7-20-21(12-15)32-10-9-31-20)13-28-22(29)8-6-19(27-28)14-3-5-17(24)18(25)11-14/h3-8,11-12,16H,2,9-10,13H2,1H3,(H,26,30)/t16-/m1/s1. The summed E-state index contributed by atoms with van der Waals surface area (Å²) in [5.41, 5.74) is 0.689. The van der Waals surface area contributed by atoms with E-state index in [0.29, 0.717) is 48.0 Å². The predicted octanol–water partition coefficient (Wildman–Crippen LogP) is 3.17. The number of carbonyl (C=O) groups is 1. The first kappa shape index (κ1) is 21.5. The zero-order valence-corrected chi connectivity index (χ0v) is 17.3. The topological polar surface area (TPSA) is 82.5 Å². The molecule has 1 aromatic heterocycles. The Bertz CT molecular complexity index is 1210. The molecule has 1 N–H and O–H groups in total. The van der Waals surface area contributed by atoms with Gasteiger partial charge in [0, 0.05) is 23.2 Å². The first-order valence-corrected chi connectivity index (χ1v) is 10.2. The Hall–Kier alpha value is -3.75. The molecule has 0 saturated carbocycles. The van der Waals surface area contributed by atoms with Crippen LogP contribution in [0.4, 0.5) is 8.78 Å². The Morgan fingerprint density at radius 1 is 1.06 bits per heavy atom. The van der Waals surface area contributed by atoms with E-state index < -0.39 is 11.6 Å². The number of carbonyl (C=O) groups excluding carboxylic acids is 1. The van der Waals surface area contributed by atoms with Crippen molar-refractivity contribution in [3.05, 3.63) is 76.1 Å². The van der Waals surface area contributed by atoms with E-state index >= 15 is 0 Å². The summed E-state index contributed by atoms with van der Waals surface area (Å²) >= 11 is 0. The lowest BCUT2D eigenvalue weighted by Crippen LogP contribution is -2.40. The Morgan fingerprint density at radius 3 is 2.59 bits per heavy atom. The highest BCUT2D eigenvalue weighted by atomic mass is 19.2. The number of benzene rings is 2. The minimum absolute atomic E-state index is 0.114. The number of aromatic nitrogens is 2. The molecule has 166 valence electrons. The Balaban J connectivity index is 1.51. The average Bonchev–Trinajstić information content (AvgIpc) is 2.81. The molecule has 0 spiro atoms. The van der Waals surface area contributed by atoms with Gasteiger partial charge in [0.25, 0.3) is 11.5 Å². The zero-order chi connectivity index (χ0) is 22.7. The van der Waals surface area contributed by atoms with Gasteiger partial charge >= 0.3 is 0 Å². The molecule has 2 heterocycles. The highest BCUT2D eigenvalue weighted by Crippen LogP contribution is 2.30. The molecular formula is C23H21F2N3O4. The highest BCUT2D eigenvalue weighted by molar-refractivity contribution is 5.95. The number of fused-ring (bicyclic) bond motifs is 1. The molecule has 4 rings (SSSR count). The summed E-state index contributed by atoms with van der Waals surface area (Å²) in [4.78, 5) is 25.1. The lowest BCUT2D eigenvalue weighted by atomic mass is 10.1. The van der Waals surface area contributed by atoms with Gasteiger partial charge in [0.2, 0.25) is 0 Å². The Labute approximate surface area is 182 Å². The van der Waals surface area contributed by atoms with Crippen LogP contribution in [-0.2, 0) is 6.54 Å². The highest BCUT2D eigenvalue weighted by Gasteiger charge is 2.18. The van der Waals surface area contributed by atoms with Gasteiger partial charge in [-0.3, -0.25) is 9.59 Å². The summed E-state index contributed by atoms with van der Waals surface area (Å²) in [6.45, 7) is 2.86. The quantitative estimate of drug-likeness (QED) is 0.636. The summed E-state index contributed by atoms with van der Waals surface area (Å²) in [7, 11) is 0. The monoisotopic (exact) mass is 441 g/mol. The first-order valence-electron chi connectivity index (χ1n) is 10.2. The summed E-state index contributed by atoms with van der Waals surface area (Å²) < 4.78 is 39.0. The van der Waals surface area contributed by atoms with E-state index in [1.165, 1.54) is 22.9 Å². The zero-order valence-electron chi connectivity index (χ0n) is 17.3. The van der Waals surface area contributed by atoms with E-state index in [-0.39, 0.29) is 24.1 Å². The summed E-state index contributed by atoms with van der Waals surface area (Å²) in [6.07, 6.45) is 0.541. The van der Waals surface area contributed by atoms with Crippen LogP contribution in [-0.4, -0.2) is 34.9 Å². The SMILES string of the molecule is CC[C@H](Cn1nc(-c2ccc(F)c(F)c2)ccc1=O)NC(=O)c1ccc2c(c1)OCCO2. The van der Waals surface area contributed by atoms with E-state index in [0.717, 1.165) is 12.1 Å². The van der Waals surface area contributed by atoms with Crippen LogP contribution in [0.15, 0.2) is 53.3 Å². The first-order chi connectivity index (χ1) is 15.4. The smallest absolute Gasteiger partial charge is 0.266 e. The van der Waals surface area contributed by atoms with Crippen LogP contribution in [0.25, 0.3) is 11.3 Å². The van der Waals surface area contributed by atoms with Crippen molar-refractivity contribution in [3.63, 3.8) is 0 Å². The maximum Gasteiger partial charge on any atom is 0.266 e. The fourth-order valence-corrected chi connectivity index (χ4v) is 3.33. The molecule has 7 nitrogen and oxygen atoms in total. The second-order valence-electron chi connectivity index (χ2n) is 7.30. The van der Waals surface area contributed by atoms with Crippen molar-refractivity contribution in [2.75, 3.05) is 13.2 Å². The number of nitrogens with zero attached hydrogens (tertiary/aromatic N) is 2. The number of rotatable bonds is 6. The maximum absolute atomic E-state index is 13.6. The van der Waals surface area contributed by atoms with E-state index in [2.05, 4.69) is 10.4 Å². The van der Waals surface area contributed by atoms with Crippen LogP contribution >= 0.6 is 0 Å². The van der Waals surface area contributed by atoms with E-state index in [9.17, 15) is 18.4 Å². The molecule has 1 amide bonds. The molecule has 9 heteroatoms. The second kappa shape index (κ2) is 9.17. The van der Waals surface area contributed by atoms with Crippen molar-refractivity contribution in [3.8, 4) is 22.8 Å². The third-order valence-corrected chi connectivity index (χ3v) is 5.11. The minimum Gasteiger partial charge on any atom is -0.486 e. The minimum atomic E-state index is -1.000. The summed E-state index contributed by atoms with van der Waals surface area (Å²) in [6, 6.07) is 10.7. The van der Waals surface area contributed by atoms with Crippen LogP contribution in [0.3, 0.4) is 0 Å². The van der Waals surface area contributed by atoms with Crippen LogP contribution in [0.2, 0.25) is 0 Å². The number of halogens is 2. The second-order valence-corrected chi connectivity index (χ2v) is 7.30. The Kier molecular flexibility index (Phi) is 6.16. The van der Waals surface area contributed by atoms with Gasteiger partial charge in [-0.05, 0) is 48.9 Å². The van der Waals surface area contributed by atoms with Gasteiger partial charge in [0.15, 0.2) is 23.1 Å². The van der Waals surface area contributed by atoms with Gasteiger partial charge in [-0.25, -0.2) is 13.5 Å². The van der Waals surface area contributed by atoms with Gasteiger partial charge in [-0.15, -0.1) is 0 Å². The third kappa shape index (κ3) is 4.61. The van der Waals surface area contributed by atoms with Gasteiger partial charge < -0.3 is 14.8 Å². The van der Waals surface area contributed by atoms with Crippen LogP contribution in [0.5, 0.6) is 11.5 Å². The number of ether oxygens (including phenoxy) is 2. The molecule has 0 aliphatic carbocycles. The third-order valence-electron chi connectivity index (χ3n) is 5.11. The average molecular weight is 441 g/mol.